The van der Waals surface area contributed by atoms with Crippen LogP contribution in [0.2, 0.25) is 0 Å². The molecule has 3 heterocycles. The van der Waals surface area contributed by atoms with E-state index in [4.69, 9.17) is 9.73 Å². The van der Waals surface area contributed by atoms with Gasteiger partial charge in [0.05, 0.1) is 23.3 Å². The molecule has 0 saturated carbocycles. The third-order valence-corrected chi connectivity index (χ3v) is 5.90. The number of nitro benzene ring substituents is 1. The van der Waals surface area contributed by atoms with Crippen molar-refractivity contribution in [2.24, 2.45) is 4.99 Å². The maximum atomic E-state index is 11.5. The van der Waals surface area contributed by atoms with Gasteiger partial charge in [-0.3, -0.25) is 20.1 Å². The van der Waals surface area contributed by atoms with Crippen LogP contribution < -0.4 is 4.74 Å². The number of hydrogen-bond acceptors (Lipinski definition) is 8. The molecule has 0 unspecified atom stereocenters. The summed E-state index contributed by atoms with van der Waals surface area (Å²) in [4.78, 5) is 22.4. The predicted octanol–water partition coefficient (Wildman–Crippen LogP) is 3.68. The molecule has 3 atom stereocenters. The minimum Gasteiger partial charge on any atom is -0.500 e. The minimum atomic E-state index is -0.588. The van der Waals surface area contributed by atoms with E-state index >= 15 is 0 Å². The smallest absolute Gasteiger partial charge is 0.315 e. The van der Waals surface area contributed by atoms with Gasteiger partial charge in [0.25, 0.3) is 0 Å². The molecule has 1 N–H and O–H groups in total. The molecule has 1 aromatic heterocycles. The first-order valence-corrected chi connectivity index (χ1v) is 9.93. The Hall–Kier alpha value is -2.81. The highest BCUT2D eigenvalue weighted by Crippen LogP contribution is 2.50. The number of pyridine rings is 1. The van der Waals surface area contributed by atoms with Gasteiger partial charge in [0, 0.05) is 24.1 Å². The Kier molecular flexibility index (Phi) is 4.84. The minimum absolute atomic E-state index is 0.111. The average Bonchev–Trinajstić information content (AvgIpc) is 3.20. The number of rotatable bonds is 5. The van der Waals surface area contributed by atoms with Gasteiger partial charge < -0.3 is 14.7 Å². The van der Waals surface area contributed by atoms with Crippen LogP contribution in [0.25, 0.3) is 0 Å². The van der Waals surface area contributed by atoms with E-state index < -0.39 is 10.7 Å². The van der Waals surface area contributed by atoms with Gasteiger partial charge in [-0.05, 0) is 30.7 Å². The van der Waals surface area contributed by atoms with E-state index in [-0.39, 0.29) is 23.5 Å². The molecule has 9 heteroatoms. The highest BCUT2D eigenvalue weighted by atomic mass is 32.2. The number of ether oxygens (including phenoxy) is 1. The molecular formula is C19H20N4O4S. The summed E-state index contributed by atoms with van der Waals surface area (Å²) in [6.45, 7) is 4.98. The van der Waals surface area contributed by atoms with Crippen molar-refractivity contribution in [2.75, 3.05) is 13.2 Å². The zero-order chi connectivity index (χ0) is 19.8. The van der Waals surface area contributed by atoms with Crippen molar-refractivity contribution < 1.29 is 14.8 Å². The number of aliphatic imine (C=N–C) groups is 1. The Morgan fingerprint density at radius 1 is 1.43 bits per heavy atom. The van der Waals surface area contributed by atoms with Crippen LogP contribution in [-0.4, -0.2) is 43.5 Å². The molecule has 8 nitrogen and oxygen atoms in total. The van der Waals surface area contributed by atoms with Crippen molar-refractivity contribution in [3.05, 3.63) is 57.9 Å². The standard InChI is InChI=1S/C19H20N4O4S/c1-3-27-15-9-12(8-14(18(15)24)23(25)26)17-16(13-6-4-5-7-20-13)21-19-22(17)10-11(2)28-19/h4-9,11,16-17,24H,3,10H2,1-2H3/t11-,16-,17-/m0/s1. The van der Waals surface area contributed by atoms with E-state index in [9.17, 15) is 15.2 Å². The molecule has 2 aromatic rings. The molecule has 2 aliphatic heterocycles. The zero-order valence-corrected chi connectivity index (χ0v) is 16.3. The van der Waals surface area contributed by atoms with Gasteiger partial charge in [0.15, 0.2) is 10.9 Å². The summed E-state index contributed by atoms with van der Waals surface area (Å²) in [6, 6.07) is 8.23. The molecule has 146 valence electrons. The number of nitro groups is 1. The Labute approximate surface area is 166 Å². The first kappa shape index (κ1) is 18.5. The lowest BCUT2D eigenvalue weighted by Crippen LogP contribution is -2.28. The van der Waals surface area contributed by atoms with Gasteiger partial charge in [-0.15, -0.1) is 0 Å². The summed E-state index contributed by atoms with van der Waals surface area (Å²) in [5.74, 6) is -0.340. The van der Waals surface area contributed by atoms with Crippen molar-refractivity contribution in [3.8, 4) is 11.5 Å². The summed E-state index contributed by atoms with van der Waals surface area (Å²) >= 11 is 1.69. The van der Waals surface area contributed by atoms with Crippen molar-refractivity contribution in [1.29, 1.82) is 0 Å². The van der Waals surface area contributed by atoms with Crippen molar-refractivity contribution in [2.45, 2.75) is 31.2 Å². The second kappa shape index (κ2) is 7.31. The van der Waals surface area contributed by atoms with Crippen molar-refractivity contribution in [3.63, 3.8) is 0 Å². The number of phenolic OH excluding ortho intramolecular Hbond substituents is 1. The summed E-state index contributed by atoms with van der Waals surface area (Å²) in [6.07, 6.45) is 1.72. The number of benzene rings is 1. The van der Waals surface area contributed by atoms with Crippen molar-refractivity contribution >= 4 is 22.6 Å². The summed E-state index contributed by atoms with van der Waals surface area (Å²) in [7, 11) is 0. The lowest BCUT2D eigenvalue weighted by Gasteiger charge is -2.27. The highest BCUT2D eigenvalue weighted by molar-refractivity contribution is 8.14. The molecule has 2 aliphatic rings. The Morgan fingerprint density at radius 3 is 2.93 bits per heavy atom. The molecule has 1 saturated heterocycles. The van der Waals surface area contributed by atoms with Gasteiger partial charge in [-0.1, -0.05) is 24.8 Å². The third kappa shape index (κ3) is 3.15. The maximum Gasteiger partial charge on any atom is 0.315 e. The Bertz CT molecular complexity index is 937. The number of amidine groups is 1. The SMILES string of the molecule is CCOc1cc([C@H]2[C@H](c3ccccn3)N=C3S[C@@H](C)CN32)cc([N+](=O)[O-])c1O. The topological polar surface area (TPSA) is 101 Å². The van der Waals surface area contributed by atoms with Gasteiger partial charge in [-0.25, -0.2) is 0 Å². The van der Waals surface area contributed by atoms with Crippen LogP contribution in [-0.2, 0) is 0 Å². The number of fused-ring (bicyclic) bond motifs is 1. The Morgan fingerprint density at radius 2 is 2.25 bits per heavy atom. The van der Waals surface area contributed by atoms with Gasteiger partial charge in [0.2, 0.25) is 5.75 Å². The van der Waals surface area contributed by atoms with Crippen molar-refractivity contribution in [1.82, 2.24) is 9.88 Å². The fraction of sp³-hybridized carbons (Fsp3) is 0.368. The van der Waals surface area contributed by atoms with Crippen LogP contribution in [0.3, 0.4) is 0 Å². The summed E-state index contributed by atoms with van der Waals surface area (Å²) in [5, 5.41) is 23.1. The second-order valence-corrected chi connectivity index (χ2v) is 8.12. The summed E-state index contributed by atoms with van der Waals surface area (Å²) < 4.78 is 5.47. The second-order valence-electron chi connectivity index (χ2n) is 6.71. The number of nitrogens with zero attached hydrogens (tertiary/aromatic N) is 4. The molecule has 4 rings (SSSR count). The monoisotopic (exact) mass is 400 g/mol. The lowest BCUT2D eigenvalue weighted by molar-refractivity contribution is -0.386. The van der Waals surface area contributed by atoms with Crippen LogP contribution >= 0.6 is 11.8 Å². The highest BCUT2D eigenvalue weighted by Gasteiger charge is 2.44. The number of phenols is 1. The van der Waals surface area contributed by atoms with E-state index in [1.807, 2.05) is 18.2 Å². The molecule has 28 heavy (non-hydrogen) atoms. The molecular weight excluding hydrogens is 380 g/mol. The van der Waals surface area contributed by atoms with Crippen LogP contribution in [0.1, 0.15) is 37.2 Å². The van der Waals surface area contributed by atoms with E-state index in [0.717, 1.165) is 17.4 Å². The first-order chi connectivity index (χ1) is 13.5. The molecule has 0 amide bonds. The first-order valence-electron chi connectivity index (χ1n) is 9.05. The van der Waals surface area contributed by atoms with Crippen LogP contribution in [0.15, 0.2) is 41.5 Å². The largest absolute Gasteiger partial charge is 0.500 e. The molecule has 0 aliphatic carbocycles. The fourth-order valence-corrected chi connectivity index (χ4v) is 4.76. The normalized spacial score (nSPS) is 23.4. The molecule has 1 fully saturated rings. The number of aromatic nitrogens is 1. The van der Waals surface area contributed by atoms with E-state index in [1.165, 1.54) is 6.07 Å². The number of hydrogen-bond donors (Lipinski definition) is 1. The Balaban J connectivity index is 1.84. The van der Waals surface area contributed by atoms with Gasteiger partial charge in [-0.2, -0.15) is 0 Å². The molecule has 0 radical (unpaired) electrons. The van der Waals surface area contributed by atoms with Gasteiger partial charge >= 0.3 is 5.69 Å². The summed E-state index contributed by atoms with van der Waals surface area (Å²) in [5.41, 5.74) is 1.11. The molecule has 0 bridgehead atoms. The number of aromatic hydroxyl groups is 1. The maximum absolute atomic E-state index is 11.5. The van der Waals surface area contributed by atoms with E-state index in [2.05, 4.69) is 16.8 Å². The van der Waals surface area contributed by atoms with Gasteiger partial charge in [0.1, 0.15) is 6.04 Å². The van der Waals surface area contributed by atoms with E-state index in [1.54, 1.807) is 30.9 Å². The zero-order valence-electron chi connectivity index (χ0n) is 15.5. The predicted molar refractivity (Wildman–Crippen MR) is 107 cm³/mol. The van der Waals surface area contributed by atoms with Crippen LogP contribution in [0.4, 0.5) is 5.69 Å². The lowest BCUT2D eigenvalue weighted by atomic mass is 9.95. The fourth-order valence-electron chi connectivity index (χ4n) is 3.67. The van der Waals surface area contributed by atoms with E-state index in [0.29, 0.717) is 17.4 Å². The average molecular weight is 400 g/mol. The molecule has 0 spiro atoms. The van der Waals surface area contributed by atoms with Crippen LogP contribution in [0.5, 0.6) is 11.5 Å². The molecule has 1 aromatic carbocycles. The number of thioether (sulfide) groups is 1. The third-order valence-electron chi connectivity index (χ3n) is 4.80. The van der Waals surface area contributed by atoms with Crippen LogP contribution in [0, 0.1) is 10.1 Å². The quantitative estimate of drug-likeness (QED) is 0.603.